The Bertz CT molecular complexity index is 736. The van der Waals surface area contributed by atoms with E-state index in [1.54, 1.807) is 0 Å². The van der Waals surface area contributed by atoms with Gasteiger partial charge in [0.15, 0.2) is 0 Å². The lowest BCUT2D eigenvalue weighted by Crippen LogP contribution is -2.26. The molecule has 4 nitrogen and oxygen atoms in total. The lowest BCUT2D eigenvalue weighted by Gasteiger charge is -2.28. The fourth-order valence-corrected chi connectivity index (χ4v) is 3.35. The topological polar surface area (TPSA) is 55.0 Å². The maximum atomic E-state index is 12.3. The van der Waals surface area contributed by atoms with Crippen molar-refractivity contribution in [2.75, 3.05) is 0 Å². The van der Waals surface area contributed by atoms with Crippen molar-refractivity contribution in [2.24, 2.45) is 5.92 Å². The minimum Gasteiger partial charge on any atom is -0.370 e. The SMILES string of the molecule is CC(C)c1ccc2nc(CO[C@H]3CCCC[C@H]3C)[nH]c(=O)c2c1. The summed E-state index contributed by atoms with van der Waals surface area (Å²) in [5, 5.41) is 0.658. The maximum absolute atomic E-state index is 12.3. The molecule has 1 aliphatic carbocycles. The third-order valence-corrected chi connectivity index (χ3v) is 4.91. The molecule has 23 heavy (non-hydrogen) atoms. The molecule has 2 aromatic rings. The van der Waals surface area contributed by atoms with E-state index in [1.807, 2.05) is 18.2 Å². The quantitative estimate of drug-likeness (QED) is 0.922. The van der Waals surface area contributed by atoms with Crippen molar-refractivity contribution >= 4 is 10.9 Å². The molecule has 4 heteroatoms. The summed E-state index contributed by atoms with van der Waals surface area (Å²) < 4.78 is 6.01. The second-order valence-electron chi connectivity index (χ2n) is 7.06. The zero-order valence-corrected chi connectivity index (χ0v) is 14.3. The van der Waals surface area contributed by atoms with Crippen molar-refractivity contribution in [3.63, 3.8) is 0 Å². The van der Waals surface area contributed by atoms with Crippen LogP contribution in [-0.4, -0.2) is 16.1 Å². The van der Waals surface area contributed by atoms with Crippen molar-refractivity contribution in [1.82, 2.24) is 9.97 Å². The number of nitrogens with one attached hydrogen (secondary N) is 1. The fourth-order valence-electron chi connectivity index (χ4n) is 3.35. The first-order valence-electron chi connectivity index (χ1n) is 8.69. The summed E-state index contributed by atoms with van der Waals surface area (Å²) in [6, 6.07) is 5.93. The molecule has 124 valence electrons. The van der Waals surface area contributed by atoms with Gasteiger partial charge in [-0.3, -0.25) is 4.79 Å². The van der Waals surface area contributed by atoms with Crippen LogP contribution < -0.4 is 5.56 Å². The van der Waals surface area contributed by atoms with Gasteiger partial charge in [0, 0.05) is 0 Å². The Hall–Kier alpha value is -1.68. The van der Waals surface area contributed by atoms with Gasteiger partial charge in [-0.1, -0.05) is 39.7 Å². The second kappa shape index (κ2) is 6.83. The van der Waals surface area contributed by atoms with E-state index < -0.39 is 0 Å². The average molecular weight is 314 g/mol. The smallest absolute Gasteiger partial charge is 0.258 e. The molecule has 1 aromatic heterocycles. The highest BCUT2D eigenvalue weighted by Gasteiger charge is 2.22. The predicted molar refractivity (Wildman–Crippen MR) is 92.7 cm³/mol. The molecule has 0 saturated heterocycles. The van der Waals surface area contributed by atoms with E-state index in [4.69, 9.17) is 4.74 Å². The molecular formula is C19H26N2O2. The summed E-state index contributed by atoms with van der Waals surface area (Å²) in [5.41, 5.74) is 1.83. The van der Waals surface area contributed by atoms with Crippen molar-refractivity contribution in [1.29, 1.82) is 0 Å². The zero-order chi connectivity index (χ0) is 16.4. The van der Waals surface area contributed by atoms with Gasteiger partial charge in [0.25, 0.3) is 5.56 Å². The first-order chi connectivity index (χ1) is 11.0. The van der Waals surface area contributed by atoms with Crippen LogP contribution in [0.15, 0.2) is 23.0 Å². The van der Waals surface area contributed by atoms with E-state index in [-0.39, 0.29) is 11.7 Å². The lowest BCUT2D eigenvalue weighted by atomic mass is 9.88. The average Bonchev–Trinajstić information content (AvgIpc) is 2.54. The molecule has 1 N–H and O–H groups in total. The largest absolute Gasteiger partial charge is 0.370 e. The van der Waals surface area contributed by atoms with Gasteiger partial charge < -0.3 is 9.72 Å². The summed E-state index contributed by atoms with van der Waals surface area (Å²) >= 11 is 0. The Kier molecular flexibility index (Phi) is 4.81. The standard InChI is InChI=1S/C19H26N2O2/c1-12(2)14-8-9-16-15(10-14)19(22)21-18(20-16)11-23-17-7-5-4-6-13(17)3/h8-10,12-13,17H,4-7,11H2,1-3H3,(H,20,21,22)/t13-,17+/m1/s1. The van der Waals surface area contributed by atoms with Crippen molar-refractivity contribution in [3.05, 3.63) is 39.9 Å². The van der Waals surface area contributed by atoms with Crippen molar-refractivity contribution in [3.8, 4) is 0 Å². The third-order valence-electron chi connectivity index (χ3n) is 4.91. The molecule has 3 rings (SSSR count). The van der Waals surface area contributed by atoms with Gasteiger partial charge in [-0.15, -0.1) is 0 Å². The minimum atomic E-state index is -0.0761. The fraction of sp³-hybridized carbons (Fsp3) is 0.579. The molecule has 2 atom stereocenters. The van der Waals surface area contributed by atoms with Crippen LogP contribution in [-0.2, 0) is 11.3 Å². The summed E-state index contributed by atoms with van der Waals surface area (Å²) in [6.45, 7) is 6.87. The van der Waals surface area contributed by atoms with Gasteiger partial charge in [0.2, 0.25) is 0 Å². The Balaban J connectivity index is 1.79. The molecule has 0 aliphatic heterocycles. The number of hydrogen-bond donors (Lipinski definition) is 1. The van der Waals surface area contributed by atoms with Gasteiger partial charge >= 0.3 is 0 Å². The summed E-state index contributed by atoms with van der Waals surface area (Å²) in [6.07, 6.45) is 5.15. The van der Waals surface area contributed by atoms with Crippen molar-refractivity contribution in [2.45, 2.75) is 65.1 Å². The number of hydrogen-bond acceptors (Lipinski definition) is 3. The van der Waals surface area contributed by atoms with Gasteiger partial charge in [0.05, 0.1) is 17.0 Å². The molecule has 0 amide bonds. The summed E-state index contributed by atoms with van der Waals surface area (Å²) in [4.78, 5) is 19.8. The first-order valence-corrected chi connectivity index (χ1v) is 8.69. The number of ether oxygens (including phenoxy) is 1. The highest BCUT2D eigenvalue weighted by Crippen LogP contribution is 2.26. The number of aromatic amines is 1. The van der Waals surface area contributed by atoms with Gasteiger partial charge in [-0.05, 0) is 42.4 Å². The highest BCUT2D eigenvalue weighted by molar-refractivity contribution is 5.78. The molecule has 0 spiro atoms. The van der Waals surface area contributed by atoms with Crippen LogP contribution in [0, 0.1) is 5.92 Å². The van der Waals surface area contributed by atoms with Crippen LogP contribution in [0.1, 0.15) is 63.8 Å². The summed E-state index contributed by atoms with van der Waals surface area (Å²) in [7, 11) is 0. The molecule has 0 bridgehead atoms. The van der Waals surface area contributed by atoms with E-state index >= 15 is 0 Å². The number of fused-ring (bicyclic) bond motifs is 1. The maximum Gasteiger partial charge on any atom is 0.258 e. The van der Waals surface area contributed by atoms with Crippen LogP contribution in [0.5, 0.6) is 0 Å². The van der Waals surface area contributed by atoms with E-state index in [2.05, 4.69) is 30.7 Å². The Morgan fingerprint density at radius 2 is 2.09 bits per heavy atom. The number of benzene rings is 1. The van der Waals surface area contributed by atoms with E-state index in [0.29, 0.717) is 29.7 Å². The van der Waals surface area contributed by atoms with E-state index in [0.717, 1.165) is 17.5 Å². The molecule has 0 unspecified atom stereocenters. The monoisotopic (exact) mass is 314 g/mol. The van der Waals surface area contributed by atoms with Crippen LogP contribution in [0.2, 0.25) is 0 Å². The number of rotatable bonds is 4. The molecule has 1 heterocycles. The predicted octanol–water partition coefficient (Wildman–Crippen LogP) is 4.14. The molecule has 1 saturated carbocycles. The lowest BCUT2D eigenvalue weighted by molar-refractivity contribution is -0.0181. The molecule has 0 radical (unpaired) electrons. The second-order valence-corrected chi connectivity index (χ2v) is 7.06. The molecular weight excluding hydrogens is 288 g/mol. The normalized spacial score (nSPS) is 21.9. The third kappa shape index (κ3) is 3.63. The van der Waals surface area contributed by atoms with Crippen LogP contribution >= 0.6 is 0 Å². The Morgan fingerprint density at radius 1 is 1.30 bits per heavy atom. The minimum absolute atomic E-state index is 0.0761. The number of nitrogens with zero attached hydrogens (tertiary/aromatic N) is 1. The molecule has 1 fully saturated rings. The molecule has 1 aromatic carbocycles. The van der Waals surface area contributed by atoms with Gasteiger partial charge in [-0.2, -0.15) is 0 Å². The van der Waals surface area contributed by atoms with Crippen LogP contribution in [0.25, 0.3) is 10.9 Å². The highest BCUT2D eigenvalue weighted by atomic mass is 16.5. The number of H-pyrrole nitrogens is 1. The van der Waals surface area contributed by atoms with Crippen LogP contribution in [0.3, 0.4) is 0 Å². The Morgan fingerprint density at radius 3 is 2.83 bits per heavy atom. The van der Waals surface area contributed by atoms with Crippen molar-refractivity contribution < 1.29 is 4.74 Å². The first kappa shape index (κ1) is 16.2. The van der Waals surface area contributed by atoms with Gasteiger partial charge in [-0.25, -0.2) is 4.98 Å². The van der Waals surface area contributed by atoms with Crippen LogP contribution in [0.4, 0.5) is 0 Å². The Labute approximate surface area is 137 Å². The molecule has 1 aliphatic rings. The van der Waals surface area contributed by atoms with Gasteiger partial charge in [0.1, 0.15) is 12.4 Å². The summed E-state index contributed by atoms with van der Waals surface area (Å²) in [5.74, 6) is 1.61. The number of aromatic nitrogens is 2. The zero-order valence-electron chi connectivity index (χ0n) is 14.3. The van der Waals surface area contributed by atoms with E-state index in [1.165, 1.54) is 19.3 Å². The van der Waals surface area contributed by atoms with E-state index in [9.17, 15) is 4.79 Å².